The second-order valence-corrected chi connectivity index (χ2v) is 13.1. The SMILES string of the molecule is C=C(C)C(=O)c1ccc2c(c1OCCOP(=O)(O)OCCOc1c(C(=O)C(=C)C)ccc3c1Cc1ccccc1-3)Cc1ccccc1-2. The van der Waals surface area contributed by atoms with Crippen LogP contribution in [0.4, 0.5) is 0 Å². The summed E-state index contributed by atoms with van der Waals surface area (Å²) in [7, 11) is -4.48. The molecule has 0 saturated heterocycles. The number of allylic oxidation sites excluding steroid dienone is 2. The number of carbonyl (C=O) groups is 2. The lowest BCUT2D eigenvalue weighted by molar-refractivity contribution is 0.101. The molecule has 6 rings (SSSR count). The molecule has 0 amide bonds. The molecule has 9 heteroatoms. The maximum Gasteiger partial charge on any atom is 0.472 e. The van der Waals surface area contributed by atoms with E-state index in [1.807, 2.05) is 60.7 Å². The summed E-state index contributed by atoms with van der Waals surface area (Å²) in [6.45, 7) is 10.1. The van der Waals surface area contributed by atoms with Crippen molar-refractivity contribution in [2.45, 2.75) is 26.7 Å². The van der Waals surface area contributed by atoms with Gasteiger partial charge in [-0.3, -0.25) is 18.6 Å². The number of hydrogen-bond acceptors (Lipinski definition) is 7. The molecule has 8 nitrogen and oxygen atoms in total. The fourth-order valence-corrected chi connectivity index (χ4v) is 6.83. The smallest absolute Gasteiger partial charge is 0.472 e. The van der Waals surface area contributed by atoms with Gasteiger partial charge in [-0.25, -0.2) is 4.57 Å². The Bertz CT molecular complexity index is 1850. The van der Waals surface area contributed by atoms with E-state index in [1.54, 1.807) is 26.0 Å². The van der Waals surface area contributed by atoms with E-state index in [2.05, 4.69) is 13.2 Å². The van der Waals surface area contributed by atoms with Crippen LogP contribution in [0.15, 0.2) is 97.1 Å². The number of fused-ring (bicyclic) bond motifs is 6. The summed E-state index contributed by atoms with van der Waals surface area (Å²) in [5.74, 6) is 0.346. The molecule has 0 aliphatic heterocycles. The standard InChI is InChI=1S/C38H35O8P/c1-23(2)35(39)31-15-13-29-27-11-7-5-9-25(27)21-33(29)37(31)43-17-19-45-47(41,42)46-20-18-44-38-32(36(40)24(3)4)16-14-30-28-12-8-6-10-26(28)22-34(30)38/h5-16H,1,3,17-22H2,2,4H3,(H,41,42). The molecule has 0 unspecified atom stereocenters. The molecule has 2 aliphatic carbocycles. The highest BCUT2D eigenvalue weighted by Gasteiger charge is 2.29. The van der Waals surface area contributed by atoms with Gasteiger partial charge < -0.3 is 14.4 Å². The van der Waals surface area contributed by atoms with E-state index in [-0.39, 0.29) is 38.0 Å². The molecule has 0 fully saturated rings. The maximum atomic E-state index is 12.9. The Labute approximate surface area is 273 Å². The first-order chi connectivity index (χ1) is 22.6. The highest BCUT2D eigenvalue weighted by atomic mass is 31.2. The summed E-state index contributed by atoms with van der Waals surface area (Å²) in [5.41, 5.74) is 9.62. The van der Waals surface area contributed by atoms with Crippen molar-refractivity contribution in [3.63, 3.8) is 0 Å². The van der Waals surface area contributed by atoms with Crippen LogP contribution in [0.25, 0.3) is 22.3 Å². The van der Waals surface area contributed by atoms with Crippen molar-refractivity contribution in [3.8, 4) is 33.8 Å². The highest BCUT2D eigenvalue weighted by Crippen LogP contribution is 2.46. The van der Waals surface area contributed by atoms with Crippen LogP contribution in [0.5, 0.6) is 11.5 Å². The zero-order valence-electron chi connectivity index (χ0n) is 26.3. The van der Waals surface area contributed by atoms with Crippen LogP contribution < -0.4 is 9.47 Å². The molecule has 0 bridgehead atoms. The third-order valence-corrected chi connectivity index (χ3v) is 9.32. The Balaban J connectivity index is 1.08. The molecule has 47 heavy (non-hydrogen) atoms. The number of ketones is 2. The first-order valence-electron chi connectivity index (χ1n) is 15.3. The maximum absolute atomic E-state index is 12.9. The Hall–Kier alpha value is -4.59. The van der Waals surface area contributed by atoms with Crippen molar-refractivity contribution in [3.05, 3.63) is 130 Å². The molecule has 0 saturated carbocycles. The van der Waals surface area contributed by atoms with E-state index in [9.17, 15) is 19.0 Å². The van der Waals surface area contributed by atoms with Gasteiger partial charge in [-0.15, -0.1) is 0 Å². The van der Waals surface area contributed by atoms with Crippen LogP contribution >= 0.6 is 7.82 Å². The quantitative estimate of drug-likeness (QED) is 0.0548. The van der Waals surface area contributed by atoms with Gasteiger partial charge in [-0.2, -0.15) is 0 Å². The van der Waals surface area contributed by atoms with E-state index in [0.29, 0.717) is 46.6 Å². The van der Waals surface area contributed by atoms with E-state index in [4.69, 9.17) is 18.5 Å². The zero-order chi connectivity index (χ0) is 33.3. The molecule has 0 radical (unpaired) electrons. The molecule has 240 valence electrons. The van der Waals surface area contributed by atoms with Crippen molar-refractivity contribution in [2.24, 2.45) is 0 Å². The molecule has 0 heterocycles. The fourth-order valence-electron chi connectivity index (χ4n) is 6.14. The minimum absolute atomic E-state index is 0.100. The van der Waals surface area contributed by atoms with Crippen molar-refractivity contribution < 1.29 is 37.6 Å². The molecular weight excluding hydrogens is 615 g/mol. The Morgan fingerprint density at radius 1 is 0.638 bits per heavy atom. The zero-order valence-corrected chi connectivity index (χ0v) is 27.2. The van der Waals surface area contributed by atoms with Gasteiger partial charge in [0.1, 0.15) is 24.7 Å². The minimum Gasteiger partial charge on any atom is -0.490 e. The topological polar surface area (TPSA) is 108 Å². The molecule has 0 aromatic heterocycles. The normalized spacial score (nSPS) is 12.5. The lowest BCUT2D eigenvalue weighted by atomic mass is 9.97. The van der Waals surface area contributed by atoms with Gasteiger partial charge in [-0.05, 0) is 70.5 Å². The largest absolute Gasteiger partial charge is 0.490 e. The lowest BCUT2D eigenvalue weighted by Gasteiger charge is -2.18. The van der Waals surface area contributed by atoms with Gasteiger partial charge in [-0.1, -0.05) is 73.8 Å². The van der Waals surface area contributed by atoms with Crippen LogP contribution in [-0.2, 0) is 26.5 Å². The van der Waals surface area contributed by atoms with Gasteiger partial charge in [0.25, 0.3) is 0 Å². The van der Waals surface area contributed by atoms with Gasteiger partial charge in [0.15, 0.2) is 11.6 Å². The van der Waals surface area contributed by atoms with Crippen LogP contribution in [0.3, 0.4) is 0 Å². The third-order valence-electron chi connectivity index (χ3n) is 8.30. The number of phosphoric ester groups is 1. The van der Waals surface area contributed by atoms with Crippen LogP contribution in [0.2, 0.25) is 0 Å². The Morgan fingerprint density at radius 3 is 1.45 bits per heavy atom. The number of carbonyl (C=O) groups excluding carboxylic acids is 2. The average molecular weight is 651 g/mol. The Morgan fingerprint density at radius 2 is 1.04 bits per heavy atom. The summed E-state index contributed by atoms with van der Waals surface area (Å²) < 4.78 is 35.2. The summed E-state index contributed by atoms with van der Waals surface area (Å²) in [6, 6.07) is 23.3. The predicted octanol–water partition coefficient (Wildman–Crippen LogP) is 7.94. The van der Waals surface area contributed by atoms with Crippen molar-refractivity contribution in [1.82, 2.24) is 0 Å². The number of ether oxygens (including phenoxy) is 2. The highest BCUT2D eigenvalue weighted by molar-refractivity contribution is 7.47. The molecule has 4 aromatic carbocycles. The number of Topliss-reactive ketones (excluding diaryl/α,β-unsaturated/α-hetero) is 2. The van der Waals surface area contributed by atoms with Crippen molar-refractivity contribution in [2.75, 3.05) is 26.4 Å². The summed E-state index contributed by atoms with van der Waals surface area (Å²) in [6.07, 6.45) is 1.19. The molecule has 0 spiro atoms. The van der Waals surface area contributed by atoms with Crippen LogP contribution in [0, 0.1) is 0 Å². The number of hydrogen-bond donors (Lipinski definition) is 1. The lowest BCUT2D eigenvalue weighted by Crippen LogP contribution is -2.13. The first-order valence-corrected chi connectivity index (χ1v) is 16.8. The number of benzene rings is 4. The van der Waals surface area contributed by atoms with Crippen molar-refractivity contribution in [1.29, 1.82) is 0 Å². The predicted molar refractivity (Wildman–Crippen MR) is 180 cm³/mol. The van der Waals surface area contributed by atoms with Crippen molar-refractivity contribution >= 4 is 19.4 Å². The molecule has 0 atom stereocenters. The van der Waals surface area contributed by atoms with E-state index in [1.165, 1.54) is 0 Å². The van der Waals surface area contributed by atoms with Gasteiger partial charge in [0.05, 0.1) is 24.3 Å². The minimum atomic E-state index is -4.48. The van der Waals surface area contributed by atoms with Gasteiger partial charge >= 0.3 is 7.82 Å². The van der Waals surface area contributed by atoms with Crippen LogP contribution in [0.1, 0.15) is 56.8 Å². The number of rotatable bonds is 14. The second kappa shape index (κ2) is 13.3. The Kier molecular flexibility index (Phi) is 9.13. The average Bonchev–Trinajstić information content (AvgIpc) is 3.63. The van der Waals surface area contributed by atoms with E-state index in [0.717, 1.165) is 44.5 Å². The van der Waals surface area contributed by atoms with Gasteiger partial charge in [0, 0.05) is 24.0 Å². The summed E-state index contributed by atoms with van der Waals surface area (Å²) in [4.78, 5) is 36.2. The molecule has 2 aliphatic rings. The first kappa shape index (κ1) is 32.4. The van der Waals surface area contributed by atoms with E-state index >= 15 is 0 Å². The fraction of sp³-hybridized carbons (Fsp3) is 0.211. The molecule has 4 aromatic rings. The van der Waals surface area contributed by atoms with Gasteiger partial charge in [0.2, 0.25) is 0 Å². The molecule has 1 N–H and O–H groups in total. The molecular formula is C38H35O8P. The van der Waals surface area contributed by atoms with E-state index < -0.39 is 7.82 Å². The third kappa shape index (κ3) is 6.51. The summed E-state index contributed by atoms with van der Waals surface area (Å²) in [5, 5.41) is 0. The second-order valence-electron chi connectivity index (χ2n) is 11.7. The van der Waals surface area contributed by atoms with Crippen LogP contribution in [-0.4, -0.2) is 42.9 Å². The monoisotopic (exact) mass is 650 g/mol. The summed E-state index contributed by atoms with van der Waals surface area (Å²) >= 11 is 0. The number of phosphoric acid groups is 1.